The molecule has 25 heavy (non-hydrogen) atoms. The third-order valence-electron chi connectivity index (χ3n) is 5.28. The van der Waals surface area contributed by atoms with Crippen molar-refractivity contribution >= 4 is 17.2 Å². The van der Waals surface area contributed by atoms with Crippen molar-refractivity contribution in [1.29, 1.82) is 0 Å². The lowest BCUT2D eigenvalue weighted by Gasteiger charge is -2.34. The van der Waals surface area contributed by atoms with Gasteiger partial charge in [0.1, 0.15) is 6.10 Å². The van der Waals surface area contributed by atoms with Crippen LogP contribution in [0.3, 0.4) is 0 Å². The Morgan fingerprint density at radius 1 is 1.24 bits per heavy atom. The maximum absolute atomic E-state index is 12.3. The zero-order valence-corrected chi connectivity index (χ0v) is 16.9. The Balaban J connectivity index is 1.55. The van der Waals surface area contributed by atoms with Crippen molar-refractivity contribution in [2.75, 3.05) is 19.6 Å². The molecule has 4 nitrogen and oxygen atoms in total. The lowest BCUT2D eigenvalue weighted by atomic mass is 10.1. The van der Waals surface area contributed by atoms with E-state index in [0.717, 1.165) is 50.5 Å². The Morgan fingerprint density at radius 3 is 2.60 bits per heavy atom. The standard InChI is InChI=1S/C20H32N2O2S/c1-14(2)11-19(23)22-8-5-16-12-20(25-18(16)13-22)24-17-6-9-21(10-7-17)15(3)4/h12,14-15,17H,5-11,13H2,1-4H3. The lowest BCUT2D eigenvalue weighted by Crippen LogP contribution is -2.41. The van der Waals surface area contributed by atoms with E-state index in [9.17, 15) is 4.79 Å². The second-order valence-electron chi connectivity index (χ2n) is 8.12. The lowest BCUT2D eigenvalue weighted by molar-refractivity contribution is -0.132. The normalized spacial score (nSPS) is 19.5. The number of hydrogen-bond donors (Lipinski definition) is 0. The fourth-order valence-electron chi connectivity index (χ4n) is 3.72. The van der Waals surface area contributed by atoms with E-state index in [1.165, 1.54) is 10.4 Å². The van der Waals surface area contributed by atoms with Gasteiger partial charge in [0.2, 0.25) is 5.91 Å². The van der Waals surface area contributed by atoms with Crippen molar-refractivity contribution in [3.63, 3.8) is 0 Å². The van der Waals surface area contributed by atoms with E-state index in [1.807, 2.05) is 4.90 Å². The van der Waals surface area contributed by atoms with Gasteiger partial charge in [0, 0.05) is 37.0 Å². The molecule has 3 rings (SSSR count). The second kappa shape index (κ2) is 8.09. The van der Waals surface area contributed by atoms with Crippen molar-refractivity contribution in [2.24, 2.45) is 5.92 Å². The van der Waals surface area contributed by atoms with Crippen LogP contribution in [0.15, 0.2) is 6.07 Å². The monoisotopic (exact) mass is 364 g/mol. The van der Waals surface area contributed by atoms with Gasteiger partial charge in [-0.05, 0) is 50.7 Å². The molecule has 0 aromatic carbocycles. The largest absolute Gasteiger partial charge is 0.481 e. The number of hydrogen-bond acceptors (Lipinski definition) is 4. The number of thiophene rings is 1. The van der Waals surface area contributed by atoms with Crippen LogP contribution in [0.25, 0.3) is 0 Å². The molecule has 1 fully saturated rings. The molecule has 0 atom stereocenters. The van der Waals surface area contributed by atoms with Crippen molar-refractivity contribution in [2.45, 2.75) is 72.1 Å². The molecule has 1 amide bonds. The van der Waals surface area contributed by atoms with Crippen molar-refractivity contribution in [3.8, 4) is 5.06 Å². The maximum Gasteiger partial charge on any atom is 0.223 e. The molecule has 1 aromatic rings. The molecule has 2 aliphatic rings. The zero-order chi connectivity index (χ0) is 18.0. The molecular formula is C20H32N2O2S. The average Bonchev–Trinajstić information content (AvgIpc) is 2.95. The van der Waals surface area contributed by atoms with Crippen LogP contribution in [-0.2, 0) is 17.8 Å². The van der Waals surface area contributed by atoms with Crippen molar-refractivity contribution < 1.29 is 9.53 Å². The van der Waals surface area contributed by atoms with Crippen LogP contribution in [0.2, 0.25) is 0 Å². The van der Waals surface area contributed by atoms with E-state index in [0.29, 0.717) is 24.5 Å². The minimum absolute atomic E-state index is 0.289. The summed E-state index contributed by atoms with van der Waals surface area (Å²) < 4.78 is 6.28. The molecule has 1 aromatic heterocycles. The molecule has 0 spiro atoms. The molecule has 0 radical (unpaired) electrons. The van der Waals surface area contributed by atoms with Crippen molar-refractivity contribution in [3.05, 3.63) is 16.5 Å². The number of carbonyl (C=O) groups is 1. The minimum Gasteiger partial charge on any atom is -0.481 e. The highest BCUT2D eigenvalue weighted by atomic mass is 32.1. The Kier molecular flexibility index (Phi) is 6.05. The number of rotatable bonds is 5. The van der Waals surface area contributed by atoms with Crippen LogP contribution in [0, 0.1) is 5.92 Å². The van der Waals surface area contributed by atoms with Gasteiger partial charge in [-0.3, -0.25) is 4.79 Å². The van der Waals surface area contributed by atoms with Crippen LogP contribution in [0.4, 0.5) is 0 Å². The van der Waals surface area contributed by atoms with Gasteiger partial charge in [0.25, 0.3) is 0 Å². The summed E-state index contributed by atoms with van der Waals surface area (Å²) in [6.07, 6.45) is 4.18. The van der Waals surface area contributed by atoms with Gasteiger partial charge in [0.15, 0.2) is 5.06 Å². The molecule has 3 heterocycles. The number of carbonyl (C=O) groups excluding carboxylic acids is 1. The third kappa shape index (κ3) is 4.76. The Labute approximate surface area is 156 Å². The van der Waals surface area contributed by atoms with E-state index < -0.39 is 0 Å². The van der Waals surface area contributed by atoms with Gasteiger partial charge in [0.05, 0.1) is 6.54 Å². The molecule has 0 N–H and O–H groups in total. The predicted octanol–water partition coefficient (Wildman–Crippen LogP) is 3.93. The number of amides is 1. The summed E-state index contributed by atoms with van der Waals surface area (Å²) in [5.74, 6) is 0.713. The Bertz CT molecular complexity index is 589. The quantitative estimate of drug-likeness (QED) is 0.793. The van der Waals surface area contributed by atoms with Crippen molar-refractivity contribution in [1.82, 2.24) is 9.80 Å². The van der Waals surface area contributed by atoms with Gasteiger partial charge < -0.3 is 14.5 Å². The highest BCUT2D eigenvalue weighted by Crippen LogP contribution is 2.35. The topological polar surface area (TPSA) is 32.8 Å². The summed E-state index contributed by atoms with van der Waals surface area (Å²) in [4.78, 5) is 18.2. The molecule has 5 heteroatoms. The van der Waals surface area contributed by atoms with Crippen LogP contribution in [0.1, 0.15) is 57.4 Å². The highest BCUT2D eigenvalue weighted by molar-refractivity contribution is 7.14. The van der Waals surface area contributed by atoms with Crippen LogP contribution < -0.4 is 4.74 Å². The van der Waals surface area contributed by atoms with Gasteiger partial charge in [-0.1, -0.05) is 13.8 Å². The summed E-state index contributed by atoms with van der Waals surface area (Å²) in [7, 11) is 0. The van der Waals surface area contributed by atoms with Crippen LogP contribution in [0.5, 0.6) is 5.06 Å². The second-order valence-corrected chi connectivity index (χ2v) is 9.22. The average molecular weight is 365 g/mol. The summed E-state index contributed by atoms with van der Waals surface area (Å²) >= 11 is 1.75. The fraction of sp³-hybridized carbons (Fsp3) is 0.750. The van der Waals surface area contributed by atoms with E-state index in [1.54, 1.807) is 11.3 Å². The first kappa shape index (κ1) is 18.7. The first-order valence-corrected chi connectivity index (χ1v) is 10.5. The van der Waals surface area contributed by atoms with Crippen LogP contribution >= 0.6 is 11.3 Å². The number of ether oxygens (including phenoxy) is 1. The highest BCUT2D eigenvalue weighted by Gasteiger charge is 2.26. The first-order valence-electron chi connectivity index (χ1n) is 9.72. The summed E-state index contributed by atoms with van der Waals surface area (Å²) in [6.45, 7) is 12.6. The Morgan fingerprint density at radius 2 is 1.96 bits per heavy atom. The molecule has 140 valence electrons. The van der Waals surface area contributed by atoms with E-state index in [2.05, 4.69) is 38.7 Å². The first-order chi connectivity index (χ1) is 11.9. The minimum atomic E-state index is 0.289. The van der Waals surface area contributed by atoms with E-state index in [4.69, 9.17) is 4.74 Å². The Hall–Kier alpha value is -1.07. The summed E-state index contributed by atoms with van der Waals surface area (Å²) in [5, 5.41) is 1.05. The third-order valence-corrected chi connectivity index (χ3v) is 6.34. The number of nitrogens with zero attached hydrogens (tertiary/aromatic N) is 2. The smallest absolute Gasteiger partial charge is 0.223 e. The predicted molar refractivity (Wildman–Crippen MR) is 103 cm³/mol. The van der Waals surface area contributed by atoms with E-state index in [-0.39, 0.29) is 5.91 Å². The van der Waals surface area contributed by atoms with E-state index >= 15 is 0 Å². The number of likely N-dealkylation sites (tertiary alicyclic amines) is 1. The number of piperidine rings is 1. The maximum atomic E-state index is 12.3. The molecule has 0 aliphatic carbocycles. The molecule has 0 unspecified atom stereocenters. The molecular weight excluding hydrogens is 332 g/mol. The van der Waals surface area contributed by atoms with Gasteiger partial charge in [-0.25, -0.2) is 0 Å². The van der Waals surface area contributed by atoms with Crippen LogP contribution in [-0.4, -0.2) is 47.5 Å². The molecule has 2 aliphatic heterocycles. The summed E-state index contributed by atoms with van der Waals surface area (Å²) in [6, 6.07) is 2.85. The van der Waals surface area contributed by atoms with Gasteiger partial charge in [-0.15, -0.1) is 11.3 Å². The zero-order valence-electron chi connectivity index (χ0n) is 16.1. The fourth-order valence-corrected chi connectivity index (χ4v) is 4.86. The van der Waals surface area contributed by atoms with Gasteiger partial charge >= 0.3 is 0 Å². The molecule has 0 bridgehead atoms. The summed E-state index contributed by atoms with van der Waals surface area (Å²) in [5.41, 5.74) is 1.38. The molecule has 1 saturated heterocycles. The molecule has 0 saturated carbocycles. The van der Waals surface area contributed by atoms with Gasteiger partial charge in [-0.2, -0.15) is 0 Å². The number of fused-ring (bicyclic) bond motifs is 1. The SMILES string of the molecule is CC(C)CC(=O)N1CCc2cc(OC3CCN(C(C)C)CC3)sc2C1.